The molecule has 1 aromatic carbocycles. The van der Waals surface area contributed by atoms with Crippen molar-refractivity contribution in [1.29, 1.82) is 0 Å². The van der Waals surface area contributed by atoms with Crippen molar-refractivity contribution < 1.29 is 19.7 Å². The lowest BCUT2D eigenvalue weighted by Crippen LogP contribution is -2.81. The molecule has 3 aliphatic heterocycles. The molecular weight excluding hydrogens is 570 g/mol. The molecule has 0 amide bonds. The van der Waals surface area contributed by atoms with Gasteiger partial charge < -0.3 is 19.7 Å². The largest absolute Gasteiger partial charge is 0.393 e. The van der Waals surface area contributed by atoms with Crippen LogP contribution in [0, 0.1) is 34.5 Å². The minimum absolute atomic E-state index is 0.0831. The Hall–Kier alpha value is -2.46. The number of aliphatic hydroxyl groups is 2. The minimum Gasteiger partial charge on any atom is -0.393 e. The summed E-state index contributed by atoms with van der Waals surface area (Å²) in [4.78, 5) is 29.5. The van der Waals surface area contributed by atoms with E-state index >= 15 is 0 Å². The molecule has 1 aromatic heterocycles. The molecule has 9 rings (SSSR count). The van der Waals surface area contributed by atoms with E-state index in [4.69, 9.17) is 9.47 Å². The number of fused-ring (bicyclic) bond motifs is 1. The second kappa shape index (κ2) is 9.78. The Labute approximate surface area is 264 Å². The van der Waals surface area contributed by atoms with Crippen molar-refractivity contribution in [3.63, 3.8) is 0 Å². The lowest BCUT2D eigenvalue weighted by Gasteiger charge is -2.74. The highest BCUT2D eigenvalue weighted by atomic mass is 16.7. The molecule has 4 fully saturated rings. The zero-order chi connectivity index (χ0) is 31.6. The van der Waals surface area contributed by atoms with Crippen molar-refractivity contribution in [2.75, 3.05) is 13.2 Å². The van der Waals surface area contributed by atoms with E-state index < -0.39 is 33.9 Å². The molecule has 2 spiro atoms. The number of rotatable bonds is 5. The van der Waals surface area contributed by atoms with E-state index in [0.29, 0.717) is 24.1 Å². The van der Waals surface area contributed by atoms with Gasteiger partial charge in [0.2, 0.25) is 0 Å². The molecule has 11 atom stereocenters. The highest BCUT2D eigenvalue weighted by Gasteiger charge is 2.79. The Morgan fingerprint density at radius 1 is 0.956 bits per heavy atom. The Kier molecular flexibility index (Phi) is 6.50. The van der Waals surface area contributed by atoms with Crippen molar-refractivity contribution >= 4 is 0 Å². The molecule has 9 heteroatoms. The van der Waals surface area contributed by atoms with Crippen molar-refractivity contribution in [2.45, 2.75) is 115 Å². The summed E-state index contributed by atoms with van der Waals surface area (Å²) in [7, 11) is 0. The zero-order valence-electron chi connectivity index (χ0n) is 27.2. The molecule has 1 saturated heterocycles. The Morgan fingerprint density at radius 3 is 2.44 bits per heavy atom. The van der Waals surface area contributed by atoms with Gasteiger partial charge in [-0.05, 0) is 93.1 Å². The summed E-state index contributed by atoms with van der Waals surface area (Å²) < 4.78 is 17.0. The van der Waals surface area contributed by atoms with Crippen LogP contribution in [0.15, 0.2) is 52.1 Å². The normalized spacial score (nSPS) is 45.4. The average molecular weight is 620 g/mol. The second-order valence-corrected chi connectivity index (χ2v) is 16.0. The fourth-order valence-corrected chi connectivity index (χ4v) is 12.1. The van der Waals surface area contributed by atoms with Crippen molar-refractivity contribution in [1.82, 2.24) is 13.9 Å². The molecule has 2 aromatic rings. The van der Waals surface area contributed by atoms with E-state index in [-0.39, 0.29) is 42.1 Å². The summed E-state index contributed by atoms with van der Waals surface area (Å²) >= 11 is 0. The smallest absolute Gasteiger partial charge is 0.352 e. The fourth-order valence-electron chi connectivity index (χ4n) is 12.1. The molecule has 4 heterocycles. The molecule has 3 saturated carbocycles. The monoisotopic (exact) mass is 619 g/mol. The molecule has 1 unspecified atom stereocenters. The summed E-state index contributed by atoms with van der Waals surface area (Å²) in [5, 5.41) is 23.6. The van der Waals surface area contributed by atoms with E-state index in [0.717, 1.165) is 51.6 Å². The number of nitrogens with zero attached hydrogens (tertiary/aromatic N) is 3. The van der Waals surface area contributed by atoms with Crippen LogP contribution in [0.2, 0.25) is 0 Å². The number of ether oxygens (including phenoxy) is 2. The first kappa shape index (κ1) is 29.9. The third kappa shape index (κ3) is 3.59. The second-order valence-electron chi connectivity index (χ2n) is 16.0. The van der Waals surface area contributed by atoms with Gasteiger partial charge in [-0.1, -0.05) is 51.1 Å². The first-order chi connectivity index (χ1) is 21.4. The van der Waals surface area contributed by atoms with Gasteiger partial charge in [-0.2, -0.15) is 0 Å². The topological polar surface area (TPSA) is 108 Å². The minimum atomic E-state index is -1.26. The molecular formula is C36H49N3O6. The van der Waals surface area contributed by atoms with Crippen LogP contribution in [-0.4, -0.2) is 55.4 Å². The van der Waals surface area contributed by atoms with Crippen LogP contribution in [0.1, 0.15) is 85.5 Å². The number of hydrogen-bond donors (Lipinski definition) is 2. The third-order valence-corrected chi connectivity index (χ3v) is 14.1. The van der Waals surface area contributed by atoms with E-state index in [1.54, 1.807) is 16.8 Å². The quantitative estimate of drug-likeness (QED) is 0.483. The highest BCUT2D eigenvalue weighted by Crippen LogP contribution is 2.75. The predicted octanol–water partition coefficient (Wildman–Crippen LogP) is 4.31. The molecule has 7 aliphatic rings. The SMILES string of the molecule is C[C@H](COC1CCCCO1)[C@H]1CC[C@@H]2[C@]1(C)CC[C@H]1[C@]23C=C[C@]2(C[C@@H](O)C[C@](C)(O)[C@]12C)n1c(=O)n(-c2ccccc2)c(=O)n13. The van der Waals surface area contributed by atoms with E-state index in [1.165, 1.54) is 4.57 Å². The summed E-state index contributed by atoms with van der Waals surface area (Å²) in [6, 6.07) is 9.17. The van der Waals surface area contributed by atoms with Crippen molar-refractivity contribution in [3.05, 3.63) is 63.5 Å². The summed E-state index contributed by atoms with van der Waals surface area (Å²) in [5.74, 6) is 0.702. The van der Waals surface area contributed by atoms with Crippen LogP contribution in [0.5, 0.6) is 0 Å². The van der Waals surface area contributed by atoms with Gasteiger partial charge in [0.25, 0.3) is 0 Å². The van der Waals surface area contributed by atoms with Gasteiger partial charge in [-0.3, -0.25) is 0 Å². The number of hydrogen-bond acceptors (Lipinski definition) is 6. The first-order valence-electron chi connectivity index (χ1n) is 17.3. The third-order valence-electron chi connectivity index (χ3n) is 14.1. The number of allylic oxidation sites excluding steroid dienone is 2. The van der Waals surface area contributed by atoms with Gasteiger partial charge in [0.15, 0.2) is 6.29 Å². The zero-order valence-corrected chi connectivity index (χ0v) is 27.2. The maximum atomic E-state index is 14.8. The van der Waals surface area contributed by atoms with E-state index in [9.17, 15) is 19.8 Å². The van der Waals surface area contributed by atoms with Crippen LogP contribution in [0.25, 0.3) is 5.69 Å². The Balaban J connectivity index is 1.30. The van der Waals surface area contributed by atoms with Crippen molar-refractivity contribution in [2.24, 2.45) is 34.5 Å². The molecule has 244 valence electrons. The molecule has 0 radical (unpaired) electrons. The molecule has 45 heavy (non-hydrogen) atoms. The van der Waals surface area contributed by atoms with Crippen molar-refractivity contribution in [3.8, 4) is 5.69 Å². The van der Waals surface area contributed by atoms with Crippen LogP contribution < -0.4 is 11.4 Å². The molecule has 2 N–H and O–H groups in total. The van der Waals surface area contributed by atoms with Gasteiger partial charge in [-0.25, -0.2) is 23.5 Å². The van der Waals surface area contributed by atoms with Gasteiger partial charge in [0.1, 0.15) is 0 Å². The maximum absolute atomic E-state index is 14.8. The first-order valence-corrected chi connectivity index (χ1v) is 17.3. The maximum Gasteiger partial charge on any atom is 0.352 e. The Morgan fingerprint density at radius 2 is 1.71 bits per heavy atom. The highest BCUT2D eigenvalue weighted by molar-refractivity contribution is 5.40. The van der Waals surface area contributed by atoms with Gasteiger partial charge in [-0.15, -0.1) is 0 Å². The lowest BCUT2D eigenvalue weighted by molar-refractivity contribution is -0.273. The standard InChI is InChI=1S/C36H49N3O6/c1-23(22-45-29-12-8-9-19-44-29)26-13-14-27-32(26,2)16-15-28-34(4)33(3,43)20-25(40)21-35(34)17-18-36(27,28)39-31(42)37(30(41)38(35)39)24-10-6-5-7-11-24/h5-7,10-11,17-18,23,25-29,40,43H,8-9,12-16,19-22H2,1-4H3/t23-,25+,26-,27-,28-,29?,32-,33+,34+,35-,36+/m1/s1. The van der Waals surface area contributed by atoms with Gasteiger partial charge in [0, 0.05) is 24.9 Å². The fraction of sp³-hybridized carbons (Fsp3) is 0.722. The van der Waals surface area contributed by atoms with E-state index in [1.807, 2.05) is 29.8 Å². The van der Waals surface area contributed by atoms with Crippen LogP contribution >= 0.6 is 0 Å². The number of benzene rings is 1. The van der Waals surface area contributed by atoms with Crippen LogP contribution in [0.3, 0.4) is 0 Å². The van der Waals surface area contributed by atoms with Gasteiger partial charge in [0.05, 0.1) is 35.1 Å². The summed E-state index contributed by atoms with van der Waals surface area (Å²) in [6.07, 6.45) is 10.9. The summed E-state index contributed by atoms with van der Waals surface area (Å²) in [5.41, 5.74) is -4.15. The van der Waals surface area contributed by atoms with Gasteiger partial charge >= 0.3 is 11.4 Å². The lowest BCUT2D eigenvalue weighted by atomic mass is 9.37. The van der Waals surface area contributed by atoms with E-state index in [2.05, 4.69) is 32.9 Å². The van der Waals surface area contributed by atoms with Crippen LogP contribution in [-0.2, 0) is 20.6 Å². The van der Waals surface area contributed by atoms with Crippen LogP contribution in [0.4, 0.5) is 0 Å². The summed E-state index contributed by atoms with van der Waals surface area (Å²) in [6.45, 7) is 10.1. The molecule has 4 aliphatic carbocycles. The Bertz CT molecular complexity index is 1640. The number of aliphatic hydroxyl groups excluding tert-OH is 1. The average Bonchev–Trinajstić information content (AvgIpc) is 3.52. The molecule has 2 bridgehead atoms. The molecule has 9 nitrogen and oxygen atoms in total. The predicted molar refractivity (Wildman–Crippen MR) is 169 cm³/mol. The number of para-hydroxylation sites is 1. The number of aromatic nitrogens is 3.